The van der Waals surface area contributed by atoms with E-state index in [0.29, 0.717) is 0 Å². The number of likely N-dealkylation sites (tertiary alicyclic amines) is 1. The molecular weight excluding hydrogens is 172 g/mol. The molecule has 0 spiro atoms. The zero-order valence-electron chi connectivity index (χ0n) is 9.47. The molecule has 0 aromatic carbocycles. The first-order chi connectivity index (χ1) is 6.84. The summed E-state index contributed by atoms with van der Waals surface area (Å²) in [7, 11) is 2.24. The molecule has 82 valence electrons. The van der Waals surface area contributed by atoms with Crippen LogP contribution in [0.5, 0.6) is 0 Å². The third-order valence-corrected chi connectivity index (χ3v) is 3.70. The van der Waals surface area contributed by atoms with E-state index >= 15 is 0 Å². The molecular formula is C12H24N2. The van der Waals surface area contributed by atoms with Crippen LogP contribution in [0.1, 0.15) is 44.9 Å². The number of nitrogens with one attached hydrogen (secondary N) is 1. The predicted molar refractivity (Wildman–Crippen MR) is 60.5 cm³/mol. The van der Waals surface area contributed by atoms with Gasteiger partial charge in [0.05, 0.1) is 0 Å². The lowest BCUT2D eigenvalue weighted by atomic mass is 9.94. The first-order valence-electron chi connectivity index (χ1n) is 6.29. The Hall–Kier alpha value is -0.0800. The summed E-state index contributed by atoms with van der Waals surface area (Å²) in [4.78, 5) is 2.46. The molecule has 0 aromatic rings. The van der Waals surface area contributed by atoms with E-state index in [1.807, 2.05) is 0 Å². The fourth-order valence-electron chi connectivity index (χ4n) is 2.91. The van der Waals surface area contributed by atoms with Crippen LogP contribution in [0.4, 0.5) is 0 Å². The van der Waals surface area contributed by atoms with Gasteiger partial charge in [-0.25, -0.2) is 0 Å². The maximum atomic E-state index is 3.85. The number of rotatable bonds is 2. The average molecular weight is 196 g/mol. The van der Waals surface area contributed by atoms with Gasteiger partial charge in [0.2, 0.25) is 0 Å². The number of likely N-dealkylation sites (N-methyl/N-ethyl adjacent to an activating group) is 1. The largest absolute Gasteiger partial charge is 0.310 e. The molecule has 1 aliphatic heterocycles. The highest BCUT2D eigenvalue weighted by atomic mass is 15.1. The van der Waals surface area contributed by atoms with Gasteiger partial charge in [0.25, 0.3) is 0 Å². The van der Waals surface area contributed by atoms with Gasteiger partial charge in [-0.05, 0) is 39.3 Å². The minimum absolute atomic E-state index is 0.775. The van der Waals surface area contributed by atoms with Crippen LogP contribution in [0.15, 0.2) is 0 Å². The highest BCUT2D eigenvalue weighted by Gasteiger charge is 2.21. The van der Waals surface area contributed by atoms with Crippen molar-refractivity contribution in [3.63, 3.8) is 0 Å². The van der Waals surface area contributed by atoms with Crippen LogP contribution in [-0.4, -0.2) is 37.1 Å². The summed E-state index contributed by atoms with van der Waals surface area (Å²) < 4.78 is 0. The van der Waals surface area contributed by atoms with Crippen LogP contribution in [0.3, 0.4) is 0 Å². The van der Waals surface area contributed by atoms with Crippen molar-refractivity contribution >= 4 is 0 Å². The monoisotopic (exact) mass is 196 g/mol. The van der Waals surface area contributed by atoms with Gasteiger partial charge in [-0.2, -0.15) is 0 Å². The molecule has 0 radical (unpaired) electrons. The second-order valence-corrected chi connectivity index (χ2v) is 5.10. The quantitative estimate of drug-likeness (QED) is 0.727. The molecule has 0 bridgehead atoms. The summed E-state index contributed by atoms with van der Waals surface area (Å²) in [6.45, 7) is 2.55. The molecule has 1 unspecified atom stereocenters. The molecule has 0 amide bonds. The Morgan fingerprint density at radius 2 is 1.64 bits per heavy atom. The van der Waals surface area contributed by atoms with Crippen molar-refractivity contribution in [3.05, 3.63) is 0 Å². The van der Waals surface area contributed by atoms with Crippen LogP contribution in [0, 0.1) is 0 Å². The predicted octanol–water partition coefficient (Wildman–Crippen LogP) is 2.00. The third kappa shape index (κ3) is 2.96. The molecule has 1 atom stereocenters. The van der Waals surface area contributed by atoms with Gasteiger partial charge in [0.15, 0.2) is 0 Å². The van der Waals surface area contributed by atoms with Crippen LogP contribution >= 0.6 is 0 Å². The standard InChI is InChI=1S/C12H24N2/c1-14-9-5-8-12(10-14)13-11-6-3-2-4-7-11/h11-13H,2-10H2,1H3. The summed E-state index contributed by atoms with van der Waals surface area (Å²) in [5.74, 6) is 0. The highest BCUT2D eigenvalue weighted by Crippen LogP contribution is 2.19. The van der Waals surface area contributed by atoms with Gasteiger partial charge < -0.3 is 10.2 Å². The molecule has 0 aromatic heterocycles. The van der Waals surface area contributed by atoms with Crippen molar-refractivity contribution in [1.29, 1.82) is 0 Å². The molecule has 2 heteroatoms. The second-order valence-electron chi connectivity index (χ2n) is 5.10. The zero-order valence-corrected chi connectivity index (χ0v) is 9.47. The minimum atomic E-state index is 0.775. The SMILES string of the molecule is CN1CCCC(NC2CCCCC2)C1. The van der Waals surface area contributed by atoms with Crippen LogP contribution in [-0.2, 0) is 0 Å². The summed E-state index contributed by atoms with van der Waals surface area (Å²) in [5.41, 5.74) is 0. The Kier molecular flexibility index (Phi) is 3.82. The van der Waals surface area contributed by atoms with E-state index in [1.165, 1.54) is 58.0 Å². The molecule has 2 rings (SSSR count). The Labute approximate surface area is 88.1 Å². The van der Waals surface area contributed by atoms with Gasteiger partial charge in [-0.3, -0.25) is 0 Å². The Morgan fingerprint density at radius 3 is 2.36 bits per heavy atom. The second kappa shape index (κ2) is 5.13. The van der Waals surface area contributed by atoms with Gasteiger partial charge in [-0.15, -0.1) is 0 Å². The number of piperidine rings is 1. The Bertz CT molecular complexity index is 164. The lowest BCUT2D eigenvalue weighted by Crippen LogP contribution is -2.48. The normalized spacial score (nSPS) is 31.9. The molecule has 1 N–H and O–H groups in total. The first-order valence-corrected chi connectivity index (χ1v) is 6.29. The molecule has 2 aliphatic rings. The topological polar surface area (TPSA) is 15.3 Å². The summed E-state index contributed by atoms with van der Waals surface area (Å²) >= 11 is 0. The van der Waals surface area contributed by atoms with Crippen molar-refractivity contribution in [3.8, 4) is 0 Å². The smallest absolute Gasteiger partial charge is 0.0197 e. The number of hydrogen-bond donors (Lipinski definition) is 1. The van der Waals surface area contributed by atoms with Crippen molar-refractivity contribution in [2.75, 3.05) is 20.1 Å². The molecule has 2 nitrogen and oxygen atoms in total. The molecule has 2 fully saturated rings. The van der Waals surface area contributed by atoms with Crippen molar-refractivity contribution < 1.29 is 0 Å². The minimum Gasteiger partial charge on any atom is -0.310 e. The van der Waals surface area contributed by atoms with E-state index in [0.717, 1.165) is 12.1 Å². The van der Waals surface area contributed by atoms with E-state index in [2.05, 4.69) is 17.3 Å². The summed E-state index contributed by atoms with van der Waals surface area (Å²) in [6.07, 6.45) is 9.95. The number of nitrogens with zero attached hydrogens (tertiary/aromatic N) is 1. The molecule has 1 heterocycles. The van der Waals surface area contributed by atoms with E-state index in [-0.39, 0.29) is 0 Å². The Morgan fingerprint density at radius 1 is 0.929 bits per heavy atom. The fraction of sp³-hybridized carbons (Fsp3) is 1.00. The lowest BCUT2D eigenvalue weighted by Gasteiger charge is -2.34. The van der Waals surface area contributed by atoms with E-state index < -0.39 is 0 Å². The van der Waals surface area contributed by atoms with Crippen LogP contribution < -0.4 is 5.32 Å². The molecule has 1 aliphatic carbocycles. The molecule has 1 saturated carbocycles. The third-order valence-electron chi connectivity index (χ3n) is 3.70. The van der Waals surface area contributed by atoms with Crippen molar-refractivity contribution in [2.45, 2.75) is 57.0 Å². The van der Waals surface area contributed by atoms with Crippen molar-refractivity contribution in [2.24, 2.45) is 0 Å². The van der Waals surface area contributed by atoms with Gasteiger partial charge >= 0.3 is 0 Å². The molecule has 1 saturated heterocycles. The fourth-order valence-corrected chi connectivity index (χ4v) is 2.91. The van der Waals surface area contributed by atoms with Crippen LogP contribution in [0.2, 0.25) is 0 Å². The maximum Gasteiger partial charge on any atom is 0.0197 e. The van der Waals surface area contributed by atoms with E-state index in [9.17, 15) is 0 Å². The van der Waals surface area contributed by atoms with Crippen molar-refractivity contribution in [1.82, 2.24) is 10.2 Å². The molecule has 14 heavy (non-hydrogen) atoms. The maximum absolute atomic E-state index is 3.85. The zero-order chi connectivity index (χ0) is 9.80. The van der Waals surface area contributed by atoms with Gasteiger partial charge in [0.1, 0.15) is 0 Å². The number of hydrogen-bond acceptors (Lipinski definition) is 2. The van der Waals surface area contributed by atoms with Gasteiger partial charge in [0, 0.05) is 18.6 Å². The van der Waals surface area contributed by atoms with E-state index in [1.54, 1.807) is 0 Å². The van der Waals surface area contributed by atoms with Crippen LogP contribution in [0.25, 0.3) is 0 Å². The Balaban J connectivity index is 1.72. The summed E-state index contributed by atoms with van der Waals surface area (Å²) in [6, 6.07) is 1.61. The lowest BCUT2D eigenvalue weighted by molar-refractivity contribution is 0.205. The summed E-state index contributed by atoms with van der Waals surface area (Å²) in [5, 5.41) is 3.85. The van der Waals surface area contributed by atoms with Gasteiger partial charge in [-0.1, -0.05) is 19.3 Å². The average Bonchev–Trinajstić information content (AvgIpc) is 2.19. The van der Waals surface area contributed by atoms with E-state index in [4.69, 9.17) is 0 Å². The first kappa shape index (κ1) is 10.4. The highest BCUT2D eigenvalue weighted by molar-refractivity contribution is 4.81.